The van der Waals surface area contributed by atoms with Crippen LogP contribution in [-0.2, 0) is 4.74 Å². The van der Waals surface area contributed by atoms with Crippen molar-refractivity contribution in [1.82, 2.24) is 15.3 Å². The summed E-state index contributed by atoms with van der Waals surface area (Å²) >= 11 is 0. The highest BCUT2D eigenvalue weighted by molar-refractivity contribution is 5.67. The Hall–Kier alpha value is -1.85. The number of cyclic esters (lactones) is 1. The number of hydrogen-bond acceptors (Lipinski definition) is 5. The highest BCUT2D eigenvalue weighted by Crippen LogP contribution is 2.11. The number of hydrogen-bond donors (Lipinski definition) is 1. The molecule has 2 heterocycles. The molecule has 2 rings (SSSR count). The molecule has 0 bridgehead atoms. The second kappa shape index (κ2) is 4.78. The quantitative estimate of drug-likeness (QED) is 0.808. The van der Waals surface area contributed by atoms with Crippen LogP contribution in [0.15, 0.2) is 12.4 Å². The lowest BCUT2D eigenvalue weighted by molar-refractivity contribution is 0.0825. The summed E-state index contributed by atoms with van der Waals surface area (Å²) in [5.74, 6) is 0.679. The molecule has 0 aliphatic carbocycles. The zero-order valence-corrected chi connectivity index (χ0v) is 8.97. The molecule has 1 N–H and O–H groups in total. The van der Waals surface area contributed by atoms with Gasteiger partial charge in [-0.3, -0.25) is 4.98 Å². The Morgan fingerprint density at radius 3 is 3.06 bits per heavy atom. The van der Waals surface area contributed by atoms with E-state index in [1.54, 1.807) is 12.4 Å². The number of nitrogens with zero attached hydrogens (tertiary/aromatic N) is 2. The van der Waals surface area contributed by atoms with Crippen molar-refractivity contribution >= 4 is 6.09 Å². The molecule has 1 atom stereocenters. The van der Waals surface area contributed by atoms with E-state index in [0.29, 0.717) is 25.6 Å². The average Bonchev–Trinajstić information content (AvgIpc) is 2.30. The van der Waals surface area contributed by atoms with Crippen molar-refractivity contribution in [3.63, 3.8) is 0 Å². The van der Waals surface area contributed by atoms with E-state index in [0.717, 1.165) is 5.69 Å². The molecule has 16 heavy (non-hydrogen) atoms. The summed E-state index contributed by atoms with van der Waals surface area (Å²) in [4.78, 5) is 18.9. The Bertz CT molecular complexity index is 373. The molecule has 0 radical (unpaired) electrons. The Morgan fingerprint density at radius 2 is 2.38 bits per heavy atom. The first-order chi connectivity index (χ1) is 7.75. The molecule has 0 spiro atoms. The minimum atomic E-state index is -0.369. The van der Waals surface area contributed by atoms with Gasteiger partial charge in [-0.05, 0) is 6.92 Å². The minimum Gasteiger partial charge on any atom is -0.476 e. The molecule has 1 unspecified atom stereocenters. The monoisotopic (exact) mass is 223 g/mol. The maximum absolute atomic E-state index is 10.7. The van der Waals surface area contributed by atoms with E-state index in [2.05, 4.69) is 15.3 Å². The van der Waals surface area contributed by atoms with E-state index in [4.69, 9.17) is 9.47 Å². The lowest BCUT2D eigenvalue weighted by Gasteiger charge is -2.22. The van der Waals surface area contributed by atoms with Crippen molar-refractivity contribution in [3.05, 3.63) is 18.1 Å². The summed E-state index contributed by atoms with van der Waals surface area (Å²) in [6, 6.07) is 0. The third-order valence-electron chi connectivity index (χ3n) is 2.28. The molecule has 1 aromatic rings. The molecule has 6 nitrogen and oxygen atoms in total. The largest absolute Gasteiger partial charge is 0.476 e. The van der Waals surface area contributed by atoms with Gasteiger partial charge in [0.25, 0.3) is 0 Å². The van der Waals surface area contributed by atoms with Crippen molar-refractivity contribution in [1.29, 1.82) is 0 Å². The number of carbonyl (C=O) groups excluding carboxylic acids is 1. The van der Waals surface area contributed by atoms with E-state index < -0.39 is 0 Å². The van der Waals surface area contributed by atoms with Crippen LogP contribution in [0.1, 0.15) is 5.69 Å². The smallest absolute Gasteiger partial charge is 0.407 e. The van der Waals surface area contributed by atoms with Crippen LogP contribution in [-0.4, -0.2) is 35.8 Å². The Balaban J connectivity index is 1.84. The van der Waals surface area contributed by atoms with E-state index in [1.807, 2.05) is 6.92 Å². The molecule has 1 aliphatic heterocycles. The molecule has 1 aromatic heterocycles. The van der Waals surface area contributed by atoms with E-state index in [9.17, 15) is 4.79 Å². The number of amides is 1. The molecule has 1 aliphatic rings. The first-order valence-electron chi connectivity index (χ1n) is 5.06. The lowest BCUT2D eigenvalue weighted by Crippen LogP contribution is -2.41. The van der Waals surface area contributed by atoms with Crippen LogP contribution in [0.25, 0.3) is 0 Å². The summed E-state index contributed by atoms with van der Waals surface area (Å²) in [6.07, 6.45) is 2.83. The van der Waals surface area contributed by atoms with Gasteiger partial charge in [-0.15, -0.1) is 0 Å². The highest BCUT2D eigenvalue weighted by Gasteiger charge is 2.19. The van der Waals surface area contributed by atoms with Crippen LogP contribution >= 0.6 is 0 Å². The van der Waals surface area contributed by atoms with Crippen LogP contribution in [0.2, 0.25) is 0 Å². The first-order valence-corrected chi connectivity index (χ1v) is 5.06. The maximum atomic E-state index is 10.7. The topological polar surface area (TPSA) is 73.3 Å². The van der Waals surface area contributed by atoms with Gasteiger partial charge in [0.05, 0.1) is 12.3 Å². The van der Waals surface area contributed by atoms with Crippen LogP contribution in [0.4, 0.5) is 4.79 Å². The van der Waals surface area contributed by atoms with Gasteiger partial charge >= 0.3 is 6.09 Å². The number of aryl methyl sites for hydroxylation is 1. The predicted octanol–water partition coefficient (Wildman–Crippen LogP) is 0.520. The third kappa shape index (κ3) is 2.59. The summed E-state index contributed by atoms with van der Waals surface area (Å²) < 4.78 is 10.3. The van der Waals surface area contributed by atoms with Crippen LogP contribution in [0.3, 0.4) is 0 Å². The summed E-state index contributed by atoms with van der Waals surface area (Å²) in [7, 11) is 0. The van der Waals surface area contributed by atoms with Gasteiger partial charge < -0.3 is 14.8 Å². The van der Waals surface area contributed by atoms with Crippen LogP contribution < -0.4 is 10.1 Å². The molecular formula is C10H13N3O3. The number of carbonyl (C=O) groups is 1. The van der Waals surface area contributed by atoms with Crippen molar-refractivity contribution in [2.24, 2.45) is 5.92 Å². The summed E-state index contributed by atoms with van der Waals surface area (Å²) in [5, 5.41) is 2.61. The SMILES string of the molecule is Cc1nccnc1OCC1CNC(=O)OC1. The van der Waals surface area contributed by atoms with Crippen LogP contribution in [0, 0.1) is 12.8 Å². The first kappa shape index (κ1) is 10.7. The van der Waals surface area contributed by atoms with E-state index in [-0.39, 0.29) is 12.0 Å². The fraction of sp³-hybridized carbons (Fsp3) is 0.500. The van der Waals surface area contributed by atoms with Gasteiger partial charge in [0.1, 0.15) is 6.61 Å². The van der Waals surface area contributed by atoms with Crippen LogP contribution in [0.5, 0.6) is 5.88 Å². The van der Waals surface area contributed by atoms with Gasteiger partial charge in [-0.25, -0.2) is 9.78 Å². The zero-order chi connectivity index (χ0) is 11.4. The van der Waals surface area contributed by atoms with Crippen molar-refractivity contribution in [2.75, 3.05) is 19.8 Å². The van der Waals surface area contributed by atoms with E-state index >= 15 is 0 Å². The number of nitrogens with one attached hydrogen (secondary N) is 1. The van der Waals surface area contributed by atoms with Gasteiger partial charge in [-0.1, -0.05) is 0 Å². The number of ether oxygens (including phenoxy) is 2. The Labute approximate surface area is 93.0 Å². The van der Waals surface area contributed by atoms with Crippen molar-refractivity contribution in [3.8, 4) is 5.88 Å². The molecule has 1 fully saturated rings. The van der Waals surface area contributed by atoms with Crippen molar-refractivity contribution < 1.29 is 14.3 Å². The Morgan fingerprint density at radius 1 is 1.56 bits per heavy atom. The molecule has 6 heteroatoms. The number of rotatable bonds is 3. The fourth-order valence-electron chi connectivity index (χ4n) is 1.37. The highest BCUT2D eigenvalue weighted by atomic mass is 16.6. The second-order valence-corrected chi connectivity index (χ2v) is 3.60. The molecule has 0 saturated carbocycles. The molecule has 1 saturated heterocycles. The molecule has 86 valence electrons. The zero-order valence-electron chi connectivity index (χ0n) is 8.97. The van der Waals surface area contributed by atoms with Gasteiger partial charge in [0.15, 0.2) is 0 Å². The molecular weight excluding hydrogens is 210 g/mol. The number of alkyl carbamates (subject to hydrolysis) is 1. The predicted molar refractivity (Wildman–Crippen MR) is 55.1 cm³/mol. The van der Waals surface area contributed by atoms with E-state index in [1.165, 1.54) is 0 Å². The molecule has 1 amide bonds. The lowest BCUT2D eigenvalue weighted by atomic mass is 10.1. The molecule has 0 aromatic carbocycles. The standard InChI is InChI=1S/C10H13N3O3/c1-7-9(12-3-2-11-7)15-5-8-4-13-10(14)16-6-8/h2-3,8H,4-6H2,1H3,(H,13,14). The van der Waals surface area contributed by atoms with Gasteiger partial charge in [-0.2, -0.15) is 0 Å². The maximum Gasteiger partial charge on any atom is 0.407 e. The normalized spacial score (nSPS) is 19.8. The van der Waals surface area contributed by atoms with Gasteiger partial charge in [0.2, 0.25) is 5.88 Å². The number of aromatic nitrogens is 2. The van der Waals surface area contributed by atoms with Crippen molar-refractivity contribution in [2.45, 2.75) is 6.92 Å². The summed E-state index contributed by atoms with van der Waals surface area (Å²) in [6.45, 7) is 3.24. The minimum absolute atomic E-state index is 0.152. The van der Waals surface area contributed by atoms with Gasteiger partial charge in [0, 0.05) is 24.9 Å². The fourth-order valence-corrected chi connectivity index (χ4v) is 1.37. The summed E-state index contributed by atoms with van der Waals surface area (Å²) in [5.41, 5.74) is 0.753. The average molecular weight is 223 g/mol. The third-order valence-corrected chi connectivity index (χ3v) is 2.28. The Kier molecular flexibility index (Phi) is 3.19. The second-order valence-electron chi connectivity index (χ2n) is 3.60.